The second kappa shape index (κ2) is 7.79. The summed E-state index contributed by atoms with van der Waals surface area (Å²) in [6.45, 7) is 0.245. The van der Waals surface area contributed by atoms with Crippen molar-refractivity contribution in [1.82, 2.24) is 5.32 Å². The highest BCUT2D eigenvalue weighted by Gasteiger charge is 2.33. The first-order valence-corrected chi connectivity index (χ1v) is 9.53. The van der Waals surface area contributed by atoms with Gasteiger partial charge in [0.2, 0.25) is 5.91 Å². The number of nitrogens with one attached hydrogen (secondary N) is 1. The predicted octanol–water partition coefficient (Wildman–Crippen LogP) is 4.25. The number of hydrogen-bond donors (Lipinski definition) is 1. The SMILES string of the molecule is O=C(NC1CC(=O)N(c2ccc(Cl)c(F)c2)C1)C1=CCC=C1c1ccc(F)cc1. The maximum atomic E-state index is 13.7. The highest BCUT2D eigenvalue weighted by molar-refractivity contribution is 6.30. The van der Waals surface area contributed by atoms with E-state index in [4.69, 9.17) is 11.6 Å². The minimum atomic E-state index is -0.602. The number of carbonyl (C=O) groups is 2. The van der Waals surface area contributed by atoms with Gasteiger partial charge in [0.25, 0.3) is 5.91 Å². The number of rotatable bonds is 4. The number of benzene rings is 2. The Morgan fingerprint density at radius 1 is 1.10 bits per heavy atom. The Kier molecular flexibility index (Phi) is 5.20. The molecule has 148 valence electrons. The summed E-state index contributed by atoms with van der Waals surface area (Å²) in [6, 6.07) is 9.74. The number of amides is 2. The van der Waals surface area contributed by atoms with Gasteiger partial charge in [-0.05, 0) is 47.9 Å². The van der Waals surface area contributed by atoms with E-state index in [1.807, 2.05) is 6.08 Å². The quantitative estimate of drug-likeness (QED) is 0.813. The number of halogens is 3. The van der Waals surface area contributed by atoms with Crippen molar-refractivity contribution in [3.63, 3.8) is 0 Å². The largest absolute Gasteiger partial charge is 0.347 e. The molecule has 1 aliphatic heterocycles. The Balaban J connectivity index is 1.45. The third-order valence-corrected chi connectivity index (χ3v) is 5.32. The highest BCUT2D eigenvalue weighted by atomic mass is 35.5. The topological polar surface area (TPSA) is 49.4 Å². The predicted molar refractivity (Wildman–Crippen MR) is 107 cm³/mol. The molecular formula is C22H17ClF2N2O2. The van der Waals surface area contributed by atoms with Crippen LogP contribution < -0.4 is 10.2 Å². The molecule has 1 N–H and O–H groups in total. The molecule has 1 aliphatic carbocycles. The molecule has 4 rings (SSSR count). The van der Waals surface area contributed by atoms with Crippen LogP contribution in [0.2, 0.25) is 5.02 Å². The molecule has 1 fully saturated rings. The number of hydrogen-bond acceptors (Lipinski definition) is 2. The van der Waals surface area contributed by atoms with Crippen molar-refractivity contribution in [2.75, 3.05) is 11.4 Å². The fraction of sp³-hybridized carbons (Fsp3) is 0.182. The third kappa shape index (κ3) is 3.93. The van der Waals surface area contributed by atoms with Gasteiger partial charge in [-0.1, -0.05) is 35.9 Å². The first-order valence-electron chi connectivity index (χ1n) is 9.15. The fourth-order valence-electron chi connectivity index (χ4n) is 3.60. The van der Waals surface area contributed by atoms with Gasteiger partial charge in [-0.15, -0.1) is 0 Å². The van der Waals surface area contributed by atoms with Crippen molar-refractivity contribution in [2.45, 2.75) is 18.9 Å². The van der Waals surface area contributed by atoms with Crippen molar-refractivity contribution in [1.29, 1.82) is 0 Å². The minimum Gasteiger partial charge on any atom is -0.347 e. The van der Waals surface area contributed by atoms with Crippen molar-refractivity contribution in [3.8, 4) is 0 Å². The monoisotopic (exact) mass is 414 g/mol. The molecule has 2 amide bonds. The lowest BCUT2D eigenvalue weighted by molar-refractivity contribution is -0.118. The van der Waals surface area contributed by atoms with Gasteiger partial charge in [0.05, 0.1) is 11.1 Å². The first-order chi connectivity index (χ1) is 13.9. The average Bonchev–Trinajstić information content (AvgIpc) is 3.31. The number of nitrogens with zero attached hydrogens (tertiary/aromatic N) is 1. The van der Waals surface area contributed by atoms with Crippen LogP contribution in [-0.4, -0.2) is 24.4 Å². The summed E-state index contributed by atoms with van der Waals surface area (Å²) in [6.07, 6.45) is 4.44. The Labute approximate surface area is 171 Å². The van der Waals surface area contributed by atoms with Crippen molar-refractivity contribution in [2.24, 2.45) is 0 Å². The van der Waals surface area contributed by atoms with Crippen LogP contribution in [0.3, 0.4) is 0 Å². The third-order valence-electron chi connectivity index (χ3n) is 5.01. The second-order valence-electron chi connectivity index (χ2n) is 6.96. The molecule has 7 heteroatoms. The van der Waals surface area contributed by atoms with E-state index in [0.717, 1.165) is 11.1 Å². The van der Waals surface area contributed by atoms with Gasteiger partial charge >= 0.3 is 0 Å². The van der Waals surface area contributed by atoms with Gasteiger partial charge in [0, 0.05) is 24.2 Å². The Morgan fingerprint density at radius 2 is 1.86 bits per heavy atom. The lowest BCUT2D eigenvalue weighted by atomic mass is 10.00. The first kappa shape index (κ1) is 19.3. The van der Waals surface area contributed by atoms with Crippen LogP contribution in [0, 0.1) is 11.6 Å². The summed E-state index contributed by atoms with van der Waals surface area (Å²) in [7, 11) is 0. The van der Waals surface area contributed by atoms with E-state index >= 15 is 0 Å². The normalized spacial score (nSPS) is 18.7. The van der Waals surface area contributed by atoms with Gasteiger partial charge in [0.15, 0.2) is 0 Å². The summed E-state index contributed by atoms with van der Waals surface area (Å²) < 4.78 is 26.9. The minimum absolute atomic E-state index is 0.0153. The lowest BCUT2D eigenvalue weighted by Crippen LogP contribution is -2.38. The zero-order valence-corrected chi connectivity index (χ0v) is 16.0. The average molecular weight is 415 g/mol. The Bertz CT molecular complexity index is 1050. The smallest absolute Gasteiger partial charge is 0.251 e. The second-order valence-corrected chi connectivity index (χ2v) is 7.36. The summed E-state index contributed by atoms with van der Waals surface area (Å²) in [5, 5.41) is 2.87. The molecule has 29 heavy (non-hydrogen) atoms. The Hall–Kier alpha value is -2.99. The van der Waals surface area contributed by atoms with Gasteiger partial charge in [-0.25, -0.2) is 8.78 Å². The van der Waals surface area contributed by atoms with Gasteiger partial charge in [-0.2, -0.15) is 0 Å². The molecule has 0 spiro atoms. The summed E-state index contributed by atoms with van der Waals surface area (Å²) in [4.78, 5) is 26.6. The zero-order valence-electron chi connectivity index (χ0n) is 15.3. The molecule has 0 bridgehead atoms. The molecule has 2 aromatic carbocycles. The van der Waals surface area contributed by atoms with Crippen molar-refractivity contribution in [3.05, 3.63) is 82.4 Å². The molecule has 2 aliphatic rings. The maximum Gasteiger partial charge on any atom is 0.251 e. The van der Waals surface area contributed by atoms with Crippen LogP contribution in [0.1, 0.15) is 18.4 Å². The summed E-state index contributed by atoms with van der Waals surface area (Å²) >= 11 is 5.70. The van der Waals surface area contributed by atoms with Gasteiger partial charge in [0.1, 0.15) is 11.6 Å². The van der Waals surface area contributed by atoms with Crippen LogP contribution in [0.5, 0.6) is 0 Å². The van der Waals surface area contributed by atoms with E-state index in [1.54, 1.807) is 24.3 Å². The van der Waals surface area contributed by atoms with E-state index in [-0.39, 0.29) is 35.6 Å². The van der Waals surface area contributed by atoms with Crippen LogP contribution in [-0.2, 0) is 9.59 Å². The van der Waals surface area contributed by atoms with Gasteiger partial charge < -0.3 is 10.2 Å². The molecule has 0 aromatic heterocycles. The molecule has 1 atom stereocenters. The number of allylic oxidation sites excluding steroid dienone is 2. The fourth-order valence-corrected chi connectivity index (χ4v) is 3.72. The van der Waals surface area contributed by atoms with E-state index in [1.165, 1.54) is 29.2 Å². The van der Waals surface area contributed by atoms with Crippen LogP contribution in [0.25, 0.3) is 5.57 Å². The molecule has 0 saturated carbocycles. The number of anilines is 1. The van der Waals surface area contributed by atoms with Crippen molar-refractivity contribution >= 4 is 34.7 Å². The maximum absolute atomic E-state index is 13.7. The standard InChI is InChI=1S/C22H17ClF2N2O2/c23-19-9-8-16(11-20(19)25)27-12-15(10-21(27)28)26-22(29)18-3-1-2-17(18)13-4-6-14(24)7-5-13/h2-9,11,15H,1,10,12H2,(H,26,29). The van der Waals surface area contributed by atoms with Crippen molar-refractivity contribution < 1.29 is 18.4 Å². The Morgan fingerprint density at radius 3 is 2.59 bits per heavy atom. The molecule has 2 aromatic rings. The van der Waals surface area contributed by atoms with Crippen LogP contribution >= 0.6 is 11.6 Å². The van der Waals surface area contributed by atoms with Gasteiger partial charge in [-0.3, -0.25) is 9.59 Å². The zero-order chi connectivity index (χ0) is 20.5. The number of carbonyl (C=O) groups excluding carboxylic acids is 2. The van der Waals surface area contributed by atoms with Crippen LogP contribution in [0.15, 0.2) is 60.2 Å². The van der Waals surface area contributed by atoms with E-state index in [2.05, 4.69) is 5.32 Å². The summed E-state index contributed by atoms with van der Waals surface area (Å²) in [5.41, 5.74) is 2.40. The molecule has 0 radical (unpaired) electrons. The molecule has 4 nitrogen and oxygen atoms in total. The molecule has 1 saturated heterocycles. The summed E-state index contributed by atoms with van der Waals surface area (Å²) in [5.74, 6) is -1.44. The molecular weight excluding hydrogens is 398 g/mol. The van der Waals surface area contributed by atoms with E-state index in [0.29, 0.717) is 17.7 Å². The molecule has 1 unspecified atom stereocenters. The van der Waals surface area contributed by atoms with Crippen LogP contribution in [0.4, 0.5) is 14.5 Å². The lowest BCUT2D eigenvalue weighted by Gasteiger charge is -2.18. The molecule has 1 heterocycles. The van der Waals surface area contributed by atoms with E-state index < -0.39 is 11.9 Å². The highest BCUT2D eigenvalue weighted by Crippen LogP contribution is 2.30. The van der Waals surface area contributed by atoms with E-state index in [9.17, 15) is 18.4 Å².